The zero-order valence-corrected chi connectivity index (χ0v) is 13.3. The van der Waals surface area contributed by atoms with Crippen molar-refractivity contribution in [2.75, 3.05) is 26.6 Å². The molecule has 1 fully saturated rings. The first-order valence-corrected chi connectivity index (χ1v) is 7.98. The molecule has 2 heterocycles. The minimum Gasteiger partial charge on any atom is -0.383 e. The second-order valence-corrected chi connectivity index (χ2v) is 6.24. The van der Waals surface area contributed by atoms with E-state index < -0.39 is 38.1 Å². The van der Waals surface area contributed by atoms with Gasteiger partial charge in [-0.2, -0.15) is 4.98 Å². The molecule has 1 aliphatic rings. The highest BCUT2D eigenvalue weighted by Crippen LogP contribution is 2.48. The summed E-state index contributed by atoms with van der Waals surface area (Å²) >= 11 is 0. The van der Waals surface area contributed by atoms with Crippen molar-refractivity contribution in [1.29, 1.82) is 0 Å². The zero-order valence-electron chi connectivity index (χ0n) is 12.4. The Labute approximate surface area is 130 Å². The number of alkyl halides is 1. The third kappa shape index (κ3) is 3.94. The van der Waals surface area contributed by atoms with Crippen molar-refractivity contribution < 1.29 is 32.4 Å². The molecule has 2 unspecified atom stereocenters. The average Bonchev–Trinajstić information content (AvgIpc) is 2.77. The SMILES string of the molecule is COC[C@H]1O[C@@H](n2ccc(N)nc2=O)[C@@H](F)C1OP(=O)(O)OC. The van der Waals surface area contributed by atoms with Crippen LogP contribution in [0.5, 0.6) is 0 Å². The Morgan fingerprint density at radius 1 is 1.57 bits per heavy atom. The summed E-state index contributed by atoms with van der Waals surface area (Å²) in [6.45, 7) is -0.123. The van der Waals surface area contributed by atoms with Gasteiger partial charge >= 0.3 is 13.5 Å². The number of aromatic nitrogens is 2. The van der Waals surface area contributed by atoms with Crippen LogP contribution >= 0.6 is 7.82 Å². The average molecular weight is 353 g/mol. The standard InChI is InChI=1S/C11H17FN3O7P/c1-19-5-6-9(22-23(17,18)20-2)8(12)10(21-6)15-4-3-7(13)14-11(15)16/h3-4,6,8-10H,5H2,1-2H3,(H,17,18)(H2,13,14,16)/t6-,8+,9?,10-/m1/s1. The second-order valence-electron chi connectivity index (χ2n) is 4.73. The van der Waals surface area contributed by atoms with E-state index in [1.165, 1.54) is 19.4 Å². The molecule has 0 bridgehead atoms. The van der Waals surface area contributed by atoms with Crippen LogP contribution in [0.1, 0.15) is 6.23 Å². The van der Waals surface area contributed by atoms with Crippen LogP contribution in [0.2, 0.25) is 0 Å². The van der Waals surface area contributed by atoms with E-state index in [1.54, 1.807) is 0 Å². The fourth-order valence-electron chi connectivity index (χ4n) is 2.16. The number of phosphoric acid groups is 1. The van der Waals surface area contributed by atoms with Crippen LogP contribution in [0.3, 0.4) is 0 Å². The van der Waals surface area contributed by atoms with Crippen molar-refractivity contribution >= 4 is 13.6 Å². The van der Waals surface area contributed by atoms with Gasteiger partial charge < -0.3 is 20.1 Å². The molecule has 1 saturated heterocycles. The molecule has 130 valence electrons. The smallest absolute Gasteiger partial charge is 0.383 e. The maximum Gasteiger partial charge on any atom is 0.472 e. The number of nitrogens with zero attached hydrogens (tertiary/aromatic N) is 2. The van der Waals surface area contributed by atoms with E-state index in [0.717, 1.165) is 11.7 Å². The van der Waals surface area contributed by atoms with Gasteiger partial charge in [0, 0.05) is 20.4 Å². The van der Waals surface area contributed by atoms with E-state index in [-0.39, 0.29) is 12.4 Å². The molecular weight excluding hydrogens is 336 g/mol. The summed E-state index contributed by atoms with van der Waals surface area (Å²) in [5.74, 6) is -0.0276. The Balaban J connectivity index is 2.30. The van der Waals surface area contributed by atoms with E-state index in [4.69, 9.17) is 19.7 Å². The topological polar surface area (TPSA) is 135 Å². The number of hydrogen-bond acceptors (Lipinski definition) is 8. The Morgan fingerprint density at radius 2 is 2.26 bits per heavy atom. The fourth-order valence-corrected chi connectivity index (χ4v) is 2.80. The normalized spacial score (nSPS) is 30.3. The molecule has 1 aromatic heterocycles. The highest BCUT2D eigenvalue weighted by molar-refractivity contribution is 7.47. The number of ether oxygens (including phenoxy) is 2. The first-order chi connectivity index (χ1) is 10.8. The van der Waals surface area contributed by atoms with Crippen LogP contribution in [-0.2, 0) is 23.1 Å². The molecule has 2 rings (SSSR count). The first-order valence-electron chi connectivity index (χ1n) is 6.49. The van der Waals surface area contributed by atoms with Crippen LogP contribution in [0, 0.1) is 0 Å². The van der Waals surface area contributed by atoms with Crippen LogP contribution in [0.25, 0.3) is 0 Å². The van der Waals surface area contributed by atoms with Crippen molar-refractivity contribution in [3.05, 3.63) is 22.7 Å². The Kier molecular flexibility index (Phi) is 5.50. The van der Waals surface area contributed by atoms with Crippen LogP contribution in [0.4, 0.5) is 10.2 Å². The van der Waals surface area contributed by atoms with Crippen molar-refractivity contribution in [3.8, 4) is 0 Å². The lowest BCUT2D eigenvalue weighted by Crippen LogP contribution is -2.35. The van der Waals surface area contributed by atoms with Crippen molar-refractivity contribution in [1.82, 2.24) is 9.55 Å². The number of anilines is 1. The molecule has 3 N–H and O–H groups in total. The number of methoxy groups -OCH3 is 1. The molecule has 10 nitrogen and oxygen atoms in total. The summed E-state index contributed by atoms with van der Waals surface area (Å²) in [5, 5.41) is 0. The molecule has 0 saturated carbocycles. The number of phosphoric ester groups is 1. The predicted octanol–water partition coefficient (Wildman–Crippen LogP) is -0.161. The van der Waals surface area contributed by atoms with Crippen molar-refractivity contribution in [2.24, 2.45) is 0 Å². The molecule has 5 atom stereocenters. The molecule has 0 amide bonds. The van der Waals surface area contributed by atoms with E-state index in [9.17, 15) is 18.6 Å². The van der Waals surface area contributed by atoms with Gasteiger partial charge in [-0.3, -0.25) is 13.6 Å². The van der Waals surface area contributed by atoms with E-state index in [1.807, 2.05) is 0 Å². The second kappa shape index (κ2) is 7.04. The summed E-state index contributed by atoms with van der Waals surface area (Å²) in [6.07, 6.45) is -4.63. The molecule has 0 aromatic carbocycles. The van der Waals surface area contributed by atoms with Gasteiger partial charge in [-0.05, 0) is 6.07 Å². The molecule has 23 heavy (non-hydrogen) atoms. The van der Waals surface area contributed by atoms with E-state index in [0.29, 0.717) is 0 Å². The quantitative estimate of drug-likeness (QED) is 0.669. The van der Waals surface area contributed by atoms with Gasteiger partial charge in [-0.1, -0.05) is 0 Å². The Hall–Kier alpha value is -1.36. The maximum absolute atomic E-state index is 14.6. The third-order valence-electron chi connectivity index (χ3n) is 3.21. The van der Waals surface area contributed by atoms with Gasteiger partial charge in [0.2, 0.25) is 0 Å². The lowest BCUT2D eigenvalue weighted by Gasteiger charge is -2.20. The van der Waals surface area contributed by atoms with Crippen LogP contribution in [-0.4, -0.2) is 53.7 Å². The fraction of sp³-hybridized carbons (Fsp3) is 0.636. The maximum atomic E-state index is 14.6. The van der Waals surface area contributed by atoms with E-state index in [2.05, 4.69) is 9.51 Å². The monoisotopic (exact) mass is 353 g/mol. The highest BCUT2D eigenvalue weighted by Gasteiger charge is 2.50. The highest BCUT2D eigenvalue weighted by atomic mass is 31.2. The number of rotatable bonds is 6. The molecule has 1 aliphatic heterocycles. The van der Waals surface area contributed by atoms with Crippen LogP contribution in [0.15, 0.2) is 17.1 Å². The van der Waals surface area contributed by atoms with Gasteiger partial charge in [0.25, 0.3) is 0 Å². The van der Waals surface area contributed by atoms with Gasteiger partial charge in [0.15, 0.2) is 12.4 Å². The van der Waals surface area contributed by atoms with Gasteiger partial charge in [0.05, 0.1) is 6.61 Å². The number of hydrogen-bond donors (Lipinski definition) is 2. The molecule has 12 heteroatoms. The molecule has 1 aromatic rings. The molecule has 0 aliphatic carbocycles. The lowest BCUT2D eigenvalue weighted by molar-refractivity contribution is -0.0569. The summed E-state index contributed by atoms with van der Waals surface area (Å²) < 4.78 is 46.4. The molecule has 0 spiro atoms. The predicted molar refractivity (Wildman–Crippen MR) is 75.3 cm³/mol. The summed E-state index contributed by atoms with van der Waals surface area (Å²) in [4.78, 5) is 24.7. The summed E-state index contributed by atoms with van der Waals surface area (Å²) in [6, 6.07) is 1.29. The van der Waals surface area contributed by atoms with Crippen LogP contribution < -0.4 is 11.4 Å². The number of nitrogen functional groups attached to an aromatic ring is 1. The molecule has 0 radical (unpaired) electrons. The lowest BCUT2D eigenvalue weighted by atomic mass is 10.1. The largest absolute Gasteiger partial charge is 0.472 e. The zero-order chi connectivity index (χ0) is 17.2. The Bertz CT molecular complexity index is 657. The molecular formula is C11H17FN3O7P. The van der Waals surface area contributed by atoms with E-state index >= 15 is 0 Å². The summed E-state index contributed by atoms with van der Waals surface area (Å²) in [7, 11) is -2.17. The third-order valence-corrected chi connectivity index (χ3v) is 4.18. The van der Waals surface area contributed by atoms with Crippen molar-refractivity contribution in [2.45, 2.75) is 24.6 Å². The minimum atomic E-state index is -4.46. The van der Waals surface area contributed by atoms with Gasteiger partial charge in [-0.25, -0.2) is 13.8 Å². The van der Waals surface area contributed by atoms with Crippen molar-refractivity contribution in [3.63, 3.8) is 0 Å². The minimum absolute atomic E-state index is 0.0276. The first kappa shape index (κ1) is 18.0. The van der Waals surface area contributed by atoms with Gasteiger partial charge in [-0.15, -0.1) is 0 Å². The van der Waals surface area contributed by atoms with Gasteiger partial charge in [0.1, 0.15) is 18.0 Å². The number of halogens is 1. The number of nitrogens with two attached hydrogens (primary N) is 1. The Morgan fingerprint density at radius 3 is 2.83 bits per heavy atom. The summed E-state index contributed by atoms with van der Waals surface area (Å²) in [5.41, 5.74) is 4.55.